The molecule has 2 heterocycles. The third-order valence-electron chi connectivity index (χ3n) is 4.63. The first-order valence-electron chi connectivity index (χ1n) is 9.59. The summed E-state index contributed by atoms with van der Waals surface area (Å²) in [4.78, 5) is 0. The summed E-state index contributed by atoms with van der Waals surface area (Å²) in [5, 5.41) is 17.1. The fraction of sp³-hybridized carbons (Fsp3) is 0.136. The maximum absolute atomic E-state index is 6.27. The van der Waals surface area contributed by atoms with Crippen molar-refractivity contribution in [3.63, 3.8) is 0 Å². The number of aryl methyl sites for hydroxylation is 1. The smallest absolute Gasteiger partial charge is 0.176 e. The van der Waals surface area contributed by atoms with Crippen LogP contribution < -0.4 is 10.6 Å². The molecule has 4 aromatic rings. The van der Waals surface area contributed by atoms with Gasteiger partial charge in [-0.15, -0.1) is 0 Å². The zero-order chi connectivity index (χ0) is 21.8. The third-order valence-corrected chi connectivity index (χ3v) is 5.43. The molecule has 0 radical (unpaired) electrons. The van der Waals surface area contributed by atoms with Gasteiger partial charge in [-0.2, -0.15) is 10.2 Å². The van der Waals surface area contributed by atoms with Crippen LogP contribution in [0.15, 0.2) is 67.0 Å². The molecule has 0 spiro atoms. The molecular formula is C22H20Cl2N6S. The summed E-state index contributed by atoms with van der Waals surface area (Å²) in [5.74, 6) is 0.661. The van der Waals surface area contributed by atoms with Crippen LogP contribution in [0.2, 0.25) is 10.0 Å². The van der Waals surface area contributed by atoms with E-state index < -0.39 is 0 Å². The Labute approximate surface area is 195 Å². The molecule has 0 unspecified atom stereocenters. The SMILES string of the molecule is Cc1cc(NC(=S)Nc2cnn(Cc3cccc(Cl)c3)c2)nn1Cc1ccccc1Cl. The zero-order valence-electron chi connectivity index (χ0n) is 16.7. The number of aromatic nitrogens is 4. The van der Waals surface area contributed by atoms with Crippen LogP contribution in [0.4, 0.5) is 11.5 Å². The summed E-state index contributed by atoms with van der Waals surface area (Å²) < 4.78 is 3.70. The Balaban J connectivity index is 1.36. The van der Waals surface area contributed by atoms with Gasteiger partial charge in [0.1, 0.15) is 0 Å². The maximum Gasteiger partial charge on any atom is 0.176 e. The Morgan fingerprint density at radius 2 is 1.87 bits per heavy atom. The van der Waals surface area contributed by atoms with Crippen molar-refractivity contribution in [2.75, 3.05) is 10.6 Å². The second-order valence-corrected chi connectivity index (χ2v) is 8.31. The van der Waals surface area contributed by atoms with Crippen molar-refractivity contribution in [3.05, 3.63) is 93.9 Å². The van der Waals surface area contributed by atoms with E-state index in [9.17, 15) is 0 Å². The van der Waals surface area contributed by atoms with Crippen molar-refractivity contribution in [1.82, 2.24) is 19.6 Å². The molecule has 0 amide bonds. The molecule has 0 bridgehead atoms. The Morgan fingerprint density at radius 1 is 1.03 bits per heavy atom. The standard InChI is InChI=1S/C22H20Cl2N6S/c1-15-9-21(28-30(15)13-17-6-2-3-8-20(17)24)27-22(31)26-19-11-25-29(14-19)12-16-5-4-7-18(23)10-16/h2-11,14H,12-13H2,1H3,(H2,26,27,28,31). The van der Waals surface area contributed by atoms with E-state index in [1.807, 2.05) is 77.1 Å². The van der Waals surface area contributed by atoms with Crippen LogP contribution in [0.1, 0.15) is 16.8 Å². The normalized spacial score (nSPS) is 10.8. The predicted molar refractivity (Wildman–Crippen MR) is 130 cm³/mol. The number of benzene rings is 2. The molecule has 0 aliphatic heterocycles. The topological polar surface area (TPSA) is 59.7 Å². The van der Waals surface area contributed by atoms with Crippen LogP contribution in [-0.4, -0.2) is 24.7 Å². The molecule has 2 aromatic heterocycles. The van der Waals surface area contributed by atoms with Gasteiger partial charge < -0.3 is 10.6 Å². The molecule has 0 atom stereocenters. The second kappa shape index (κ2) is 9.51. The Morgan fingerprint density at radius 3 is 2.68 bits per heavy atom. The number of anilines is 2. The fourth-order valence-electron chi connectivity index (χ4n) is 3.13. The van der Waals surface area contributed by atoms with Gasteiger partial charge >= 0.3 is 0 Å². The first-order valence-corrected chi connectivity index (χ1v) is 10.8. The van der Waals surface area contributed by atoms with E-state index in [0.717, 1.165) is 27.5 Å². The minimum Gasteiger partial charge on any atom is -0.330 e. The number of thiocarbonyl (C=S) groups is 1. The molecule has 0 saturated carbocycles. The van der Waals surface area contributed by atoms with Crippen molar-refractivity contribution in [1.29, 1.82) is 0 Å². The molecule has 0 fully saturated rings. The van der Waals surface area contributed by atoms with Gasteiger partial charge in [-0.25, -0.2) is 0 Å². The summed E-state index contributed by atoms with van der Waals surface area (Å²) in [6.07, 6.45) is 3.61. The molecule has 4 rings (SSSR count). The summed E-state index contributed by atoms with van der Waals surface area (Å²) in [6.45, 7) is 3.20. The van der Waals surface area contributed by atoms with E-state index in [4.69, 9.17) is 35.4 Å². The van der Waals surface area contributed by atoms with Crippen molar-refractivity contribution in [2.45, 2.75) is 20.0 Å². The number of hydrogen-bond acceptors (Lipinski definition) is 3. The lowest BCUT2D eigenvalue weighted by molar-refractivity contribution is 0.668. The van der Waals surface area contributed by atoms with E-state index >= 15 is 0 Å². The first-order chi connectivity index (χ1) is 15.0. The van der Waals surface area contributed by atoms with E-state index in [1.54, 1.807) is 6.20 Å². The number of hydrogen-bond donors (Lipinski definition) is 2. The minimum absolute atomic E-state index is 0.435. The van der Waals surface area contributed by atoms with Crippen LogP contribution >= 0.6 is 35.4 Å². The maximum atomic E-state index is 6.27. The molecule has 31 heavy (non-hydrogen) atoms. The van der Waals surface area contributed by atoms with E-state index in [2.05, 4.69) is 20.8 Å². The molecule has 6 nitrogen and oxygen atoms in total. The zero-order valence-corrected chi connectivity index (χ0v) is 19.0. The van der Waals surface area contributed by atoms with Gasteiger partial charge in [0.25, 0.3) is 0 Å². The van der Waals surface area contributed by atoms with Crippen molar-refractivity contribution in [3.8, 4) is 0 Å². The lowest BCUT2D eigenvalue weighted by Gasteiger charge is -2.07. The van der Waals surface area contributed by atoms with Crippen LogP contribution in [0.5, 0.6) is 0 Å². The Bertz CT molecular complexity index is 1220. The molecule has 9 heteroatoms. The van der Waals surface area contributed by atoms with Gasteiger partial charge in [0.2, 0.25) is 0 Å². The number of nitrogens with one attached hydrogen (secondary N) is 2. The quantitative estimate of drug-likeness (QED) is 0.359. The summed E-state index contributed by atoms with van der Waals surface area (Å²) >= 11 is 17.7. The lowest BCUT2D eigenvalue weighted by atomic mass is 10.2. The Hall–Kier alpha value is -2.87. The minimum atomic E-state index is 0.435. The van der Waals surface area contributed by atoms with Crippen LogP contribution in [0.25, 0.3) is 0 Å². The van der Waals surface area contributed by atoms with Crippen molar-refractivity contribution in [2.24, 2.45) is 0 Å². The van der Waals surface area contributed by atoms with Gasteiger partial charge in [-0.3, -0.25) is 9.36 Å². The number of rotatable bonds is 6. The van der Waals surface area contributed by atoms with Crippen LogP contribution in [0.3, 0.4) is 0 Å². The van der Waals surface area contributed by atoms with Gasteiger partial charge in [0.05, 0.1) is 25.0 Å². The van der Waals surface area contributed by atoms with Crippen LogP contribution in [-0.2, 0) is 13.1 Å². The highest BCUT2D eigenvalue weighted by Crippen LogP contribution is 2.18. The monoisotopic (exact) mass is 470 g/mol. The van der Waals surface area contributed by atoms with Gasteiger partial charge in [0, 0.05) is 28.0 Å². The summed E-state index contributed by atoms with van der Waals surface area (Å²) in [7, 11) is 0. The van der Waals surface area contributed by atoms with Gasteiger partial charge in [-0.05, 0) is 48.5 Å². The average molecular weight is 471 g/mol. The molecule has 0 saturated heterocycles. The first kappa shape index (κ1) is 21.4. The van der Waals surface area contributed by atoms with E-state index in [0.29, 0.717) is 29.0 Å². The van der Waals surface area contributed by atoms with Crippen molar-refractivity contribution < 1.29 is 0 Å². The Kier molecular flexibility index (Phi) is 6.56. The third kappa shape index (κ3) is 5.64. The summed E-state index contributed by atoms with van der Waals surface area (Å²) in [5.41, 5.74) is 3.86. The highest BCUT2D eigenvalue weighted by atomic mass is 35.5. The van der Waals surface area contributed by atoms with Gasteiger partial charge in [0.15, 0.2) is 10.9 Å². The highest BCUT2D eigenvalue weighted by Gasteiger charge is 2.09. The van der Waals surface area contributed by atoms with Crippen molar-refractivity contribution >= 4 is 52.0 Å². The number of nitrogens with zero attached hydrogens (tertiary/aromatic N) is 4. The molecule has 2 aromatic carbocycles. The molecule has 2 N–H and O–H groups in total. The van der Waals surface area contributed by atoms with Crippen LogP contribution in [0, 0.1) is 6.92 Å². The average Bonchev–Trinajstić information content (AvgIpc) is 3.29. The molecule has 0 aliphatic rings. The van der Waals surface area contributed by atoms with Gasteiger partial charge in [-0.1, -0.05) is 53.5 Å². The second-order valence-electron chi connectivity index (χ2n) is 7.06. The molecule has 158 valence electrons. The van der Waals surface area contributed by atoms with E-state index in [-0.39, 0.29) is 0 Å². The molecule has 0 aliphatic carbocycles. The summed E-state index contributed by atoms with van der Waals surface area (Å²) in [6, 6.07) is 17.4. The number of halogens is 2. The lowest BCUT2D eigenvalue weighted by Crippen LogP contribution is -2.19. The predicted octanol–water partition coefficient (Wildman–Crippen LogP) is 5.60. The van der Waals surface area contributed by atoms with E-state index in [1.165, 1.54) is 0 Å². The highest BCUT2D eigenvalue weighted by molar-refractivity contribution is 7.80. The molecular weight excluding hydrogens is 451 g/mol. The largest absolute Gasteiger partial charge is 0.330 e. The fourth-order valence-corrected chi connectivity index (χ4v) is 3.77.